The van der Waals surface area contributed by atoms with Crippen LogP contribution in [0.15, 0.2) is 30.3 Å². The van der Waals surface area contributed by atoms with E-state index < -0.39 is 0 Å². The van der Waals surface area contributed by atoms with Gasteiger partial charge in [-0.1, -0.05) is 18.2 Å². The standard InChI is InChI=1S/C12H13NO4/c14-11(10-4-2-1-3-5-10)16-8-6-13-7-9-17-12(13)15/h1-5H,6-9H2. The van der Waals surface area contributed by atoms with Crippen molar-refractivity contribution < 1.29 is 19.1 Å². The summed E-state index contributed by atoms with van der Waals surface area (Å²) < 4.78 is 9.80. The smallest absolute Gasteiger partial charge is 0.410 e. The average molecular weight is 235 g/mol. The predicted octanol–water partition coefficient (Wildman–Crippen LogP) is 1.30. The Hall–Kier alpha value is -2.04. The van der Waals surface area contributed by atoms with Gasteiger partial charge in [-0.3, -0.25) is 0 Å². The van der Waals surface area contributed by atoms with E-state index in [1.165, 1.54) is 4.90 Å². The quantitative estimate of drug-likeness (QED) is 0.738. The number of benzene rings is 1. The second-order valence-corrected chi connectivity index (χ2v) is 3.60. The second-order valence-electron chi connectivity index (χ2n) is 3.60. The van der Waals surface area contributed by atoms with Crippen LogP contribution in [0.5, 0.6) is 0 Å². The van der Waals surface area contributed by atoms with Gasteiger partial charge in [0.05, 0.1) is 18.7 Å². The number of amides is 1. The minimum absolute atomic E-state index is 0.183. The number of nitrogens with zero attached hydrogens (tertiary/aromatic N) is 1. The minimum atomic E-state index is -0.377. The molecule has 17 heavy (non-hydrogen) atoms. The second kappa shape index (κ2) is 5.34. The third-order valence-electron chi connectivity index (χ3n) is 2.45. The summed E-state index contributed by atoms with van der Waals surface area (Å²) in [7, 11) is 0. The summed E-state index contributed by atoms with van der Waals surface area (Å²) in [4.78, 5) is 24.1. The summed E-state index contributed by atoms with van der Waals surface area (Å²) in [5.41, 5.74) is 0.511. The van der Waals surface area contributed by atoms with Gasteiger partial charge in [0.2, 0.25) is 0 Å². The lowest BCUT2D eigenvalue weighted by Gasteiger charge is -2.12. The van der Waals surface area contributed by atoms with Gasteiger partial charge in [0.1, 0.15) is 13.2 Å². The lowest BCUT2D eigenvalue weighted by Crippen LogP contribution is -2.29. The van der Waals surface area contributed by atoms with Gasteiger partial charge in [-0.2, -0.15) is 0 Å². The van der Waals surface area contributed by atoms with Gasteiger partial charge < -0.3 is 14.4 Å². The van der Waals surface area contributed by atoms with Gasteiger partial charge >= 0.3 is 12.1 Å². The van der Waals surface area contributed by atoms with E-state index in [9.17, 15) is 9.59 Å². The Labute approximate surface area is 98.9 Å². The molecule has 1 amide bonds. The van der Waals surface area contributed by atoms with E-state index >= 15 is 0 Å². The van der Waals surface area contributed by atoms with Gasteiger partial charge in [0.25, 0.3) is 0 Å². The Balaban J connectivity index is 1.75. The van der Waals surface area contributed by atoms with Crippen LogP contribution in [-0.4, -0.2) is 43.3 Å². The molecular weight excluding hydrogens is 222 g/mol. The van der Waals surface area contributed by atoms with Crippen LogP contribution in [0, 0.1) is 0 Å². The van der Waals surface area contributed by atoms with Gasteiger partial charge in [-0.05, 0) is 12.1 Å². The highest BCUT2D eigenvalue weighted by Crippen LogP contribution is 2.04. The van der Waals surface area contributed by atoms with Crippen LogP contribution < -0.4 is 0 Å². The van der Waals surface area contributed by atoms with Crippen molar-refractivity contribution in [2.24, 2.45) is 0 Å². The van der Waals surface area contributed by atoms with Crippen molar-refractivity contribution in [3.63, 3.8) is 0 Å². The van der Waals surface area contributed by atoms with Crippen molar-refractivity contribution in [2.75, 3.05) is 26.3 Å². The molecule has 0 bridgehead atoms. The van der Waals surface area contributed by atoms with Crippen LogP contribution in [0.4, 0.5) is 4.79 Å². The molecule has 1 aromatic carbocycles. The highest BCUT2D eigenvalue weighted by Gasteiger charge is 2.21. The zero-order valence-corrected chi connectivity index (χ0v) is 9.30. The first-order chi connectivity index (χ1) is 8.27. The molecule has 1 heterocycles. The van der Waals surface area contributed by atoms with Crippen LogP contribution >= 0.6 is 0 Å². The van der Waals surface area contributed by atoms with E-state index in [4.69, 9.17) is 9.47 Å². The Morgan fingerprint density at radius 3 is 2.76 bits per heavy atom. The third-order valence-corrected chi connectivity index (χ3v) is 2.45. The number of carbonyl (C=O) groups is 2. The molecule has 0 aliphatic carbocycles. The lowest BCUT2D eigenvalue weighted by atomic mass is 10.2. The van der Waals surface area contributed by atoms with E-state index in [0.29, 0.717) is 25.3 Å². The van der Waals surface area contributed by atoms with Crippen molar-refractivity contribution in [2.45, 2.75) is 0 Å². The first-order valence-electron chi connectivity index (χ1n) is 5.41. The maximum atomic E-state index is 11.5. The molecule has 0 aromatic heterocycles. The van der Waals surface area contributed by atoms with Crippen LogP contribution in [0.1, 0.15) is 10.4 Å². The normalized spacial score (nSPS) is 14.6. The van der Waals surface area contributed by atoms with Crippen molar-refractivity contribution in [3.8, 4) is 0 Å². The van der Waals surface area contributed by atoms with Gasteiger partial charge in [0.15, 0.2) is 0 Å². The zero-order valence-electron chi connectivity index (χ0n) is 9.30. The largest absolute Gasteiger partial charge is 0.460 e. The minimum Gasteiger partial charge on any atom is -0.460 e. The van der Waals surface area contributed by atoms with E-state index in [-0.39, 0.29) is 18.7 Å². The Bertz CT molecular complexity index is 404. The summed E-state index contributed by atoms with van der Waals surface area (Å²) in [6.45, 7) is 1.52. The highest BCUT2D eigenvalue weighted by atomic mass is 16.6. The molecule has 1 saturated heterocycles. The van der Waals surface area contributed by atoms with Crippen LogP contribution in [0.25, 0.3) is 0 Å². The molecule has 0 N–H and O–H groups in total. The molecular formula is C12H13NO4. The Kier molecular flexibility index (Phi) is 3.59. The fourth-order valence-corrected chi connectivity index (χ4v) is 1.53. The number of rotatable bonds is 4. The third kappa shape index (κ3) is 2.96. The first kappa shape index (κ1) is 11.4. The van der Waals surface area contributed by atoms with E-state index in [1.807, 2.05) is 6.07 Å². The van der Waals surface area contributed by atoms with Crippen molar-refractivity contribution in [1.29, 1.82) is 0 Å². The summed E-state index contributed by atoms with van der Waals surface area (Å²) in [5.74, 6) is -0.377. The van der Waals surface area contributed by atoms with Crippen LogP contribution in [0.3, 0.4) is 0 Å². The van der Waals surface area contributed by atoms with Crippen molar-refractivity contribution >= 4 is 12.1 Å². The fourth-order valence-electron chi connectivity index (χ4n) is 1.53. The Morgan fingerprint density at radius 2 is 2.12 bits per heavy atom. The number of hydrogen-bond acceptors (Lipinski definition) is 4. The molecule has 0 radical (unpaired) electrons. The molecule has 90 valence electrons. The van der Waals surface area contributed by atoms with Crippen molar-refractivity contribution in [1.82, 2.24) is 4.90 Å². The summed E-state index contributed by atoms with van der Waals surface area (Å²) in [6, 6.07) is 8.75. The highest BCUT2D eigenvalue weighted by molar-refractivity contribution is 5.89. The molecule has 2 rings (SSSR count). The maximum Gasteiger partial charge on any atom is 0.410 e. The van der Waals surface area contributed by atoms with Crippen LogP contribution in [-0.2, 0) is 9.47 Å². The van der Waals surface area contributed by atoms with E-state index in [2.05, 4.69) is 0 Å². The molecule has 1 aromatic rings. The number of esters is 1. The van der Waals surface area contributed by atoms with E-state index in [1.54, 1.807) is 24.3 Å². The van der Waals surface area contributed by atoms with E-state index in [0.717, 1.165) is 0 Å². The summed E-state index contributed by atoms with van der Waals surface area (Å²) in [5, 5.41) is 0. The number of carbonyl (C=O) groups excluding carboxylic acids is 2. The zero-order chi connectivity index (χ0) is 12.1. The molecule has 0 atom stereocenters. The van der Waals surface area contributed by atoms with Crippen molar-refractivity contribution in [3.05, 3.63) is 35.9 Å². The number of ether oxygens (including phenoxy) is 2. The summed E-state index contributed by atoms with van der Waals surface area (Å²) >= 11 is 0. The SMILES string of the molecule is O=C(OCCN1CCOC1=O)c1ccccc1. The molecule has 5 nitrogen and oxygen atoms in total. The number of cyclic esters (lactones) is 1. The maximum absolute atomic E-state index is 11.5. The topological polar surface area (TPSA) is 55.8 Å². The Morgan fingerprint density at radius 1 is 1.35 bits per heavy atom. The average Bonchev–Trinajstić information content (AvgIpc) is 2.76. The van der Waals surface area contributed by atoms with Crippen LogP contribution in [0.2, 0.25) is 0 Å². The summed E-state index contributed by atoms with van der Waals surface area (Å²) in [6.07, 6.45) is -0.347. The molecule has 0 spiro atoms. The predicted molar refractivity (Wildman–Crippen MR) is 59.6 cm³/mol. The monoisotopic (exact) mass is 235 g/mol. The lowest BCUT2D eigenvalue weighted by molar-refractivity contribution is 0.0477. The van der Waals surface area contributed by atoms with Gasteiger partial charge in [0, 0.05) is 0 Å². The fraction of sp³-hybridized carbons (Fsp3) is 0.333. The molecule has 0 unspecified atom stereocenters. The molecule has 1 fully saturated rings. The van der Waals surface area contributed by atoms with Gasteiger partial charge in [-0.15, -0.1) is 0 Å². The first-order valence-corrected chi connectivity index (χ1v) is 5.41. The van der Waals surface area contributed by atoms with Gasteiger partial charge in [-0.25, -0.2) is 9.59 Å². The molecule has 1 aliphatic heterocycles. The molecule has 5 heteroatoms. The molecule has 0 saturated carbocycles. The number of hydrogen-bond donors (Lipinski definition) is 0. The molecule has 1 aliphatic rings.